The van der Waals surface area contributed by atoms with Crippen molar-refractivity contribution in [3.63, 3.8) is 0 Å². The maximum atomic E-state index is 5.33. The lowest BCUT2D eigenvalue weighted by Crippen LogP contribution is -2.00. The minimum atomic E-state index is 0.672. The molecule has 0 aliphatic heterocycles. The van der Waals surface area contributed by atoms with Crippen LogP contribution in [0.25, 0.3) is 106 Å². The highest BCUT2D eigenvalue weighted by Gasteiger charge is 2.22. The van der Waals surface area contributed by atoms with E-state index in [0.717, 1.165) is 94.7 Å². The van der Waals surface area contributed by atoms with Crippen molar-refractivity contribution in [1.29, 1.82) is 0 Å². The molecule has 0 atom stereocenters. The Morgan fingerprint density at radius 2 is 0.738 bits per heavy atom. The van der Waals surface area contributed by atoms with Crippen LogP contribution in [0.2, 0.25) is 0 Å². The van der Waals surface area contributed by atoms with Gasteiger partial charge >= 0.3 is 0 Å². The van der Waals surface area contributed by atoms with Gasteiger partial charge in [0.15, 0.2) is 5.82 Å². The maximum Gasteiger partial charge on any atom is 0.160 e. The predicted octanol–water partition coefficient (Wildman–Crippen LogP) is 14.6. The van der Waals surface area contributed by atoms with Crippen LogP contribution in [0.15, 0.2) is 231 Å². The number of pyridine rings is 1. The van der Waals surface area contributed by atoms with Crippen molar-refractivity contribution < 1.29 is 0 Å². The first-order valence-corrected chi connectivity index (χ1v) is 20.6. The van der Waals surface area contributed by atoms with Crippen molar-refractivity contribution in [1.82, 2.24) is 19.6 Å². The van der Waals surface area contributed by atoms with Gasteiger partial charge in [0.05, 0.1) is 28.8 Å². The molecule has 0 spiro atoms. The van der Waals surface area contributed by atoms with E-state index in [4.69, 9.17) is 15.1 Å². The number of hydrogen-bond donors (Lipinski definition) is 0. The molecule has 0 fully saturated rings. The average Bonchev–Trinajstić information content (AvgIpc) is 3.80. The Hall–Kier alpha value is -8.21. The van der Waals surface area contributed by atoms with E-state index in [9.17, 15) is 0 Å². The predicted molar refractivity (Wildman–Crippen MR) is 252 cm³/mol. The van der Waals surface area contributed by atoms with Crippen molar-refractivity contribution in [3.05, 3.63) is 231 Å². The molecule has 0 aliphatic carbocycles. The Bertz CT molecular complexity index is 3250. The Morgan fingerprint density at radius 1 is 0.311 bits per heavy atom. The number of aromatic nitrogens is 4. The first-order valence-electron chi connectivity index (χ1n) is 20.6. The van der Waals surface area contributed by atoms with Gasteiger partial charge in [0.2, 0.25) is 0 Å². The van der Waals surface area contributed by atoms with Crippen LogP contribution in [-0.4, -0.2) is 19.6 Å². The molecule has 11 rings (SSSR count). The van der Waals surface area contributed by atoms with Gasteiger partial charge in [-0.2, -0.15) is 5.10 Å². The third kappa shape index (κ3) is 6.76. The van der Waals surface area contributed by atoms with Crippen molar-refractivity contribution >= 4 is 16.3 Å². The molecule has 0 aliphatic rings. The molecule has 0 saturated carbocycles. The van der Waals surface area contributed by atoms with E-state index in [-0.39, 0.29) is 0 Å². The summed E-state index contributed by atoms with van der Waals surface area (Å²) in [4.78, 5) is 10.6. The summed E-state index contributed by atoms with van der Waals surface area (Å²) in [7, 11) is 0. The third-order valence-corrected chi connectivity index (χ3v) is 11.5. The molecule has 4 nitrogen and oxygen atoms in total. The van der Waals surface area contributed by atoms with Crippen LogP contribution >= 0.6 is 0 Å². The highest BCUT2D eigenvalue weighted by molar-refractivity contribution is 6.13. The summed E-state index contributed by atoms with van der Waals surface area (Å²) in [6, 6.07) is 78.9. The molecule has 0 radical (unpaired) electrons. The van der Waals surface area contributed by atoms with Gasteiger partial charge in [-0.25, -0.2) is 14.5 Å². The summed E-state index contributed by atoms with van der Waals surface area (Å²) in [5.74, 6) is 0.672. The molecule has 4 heteroatoms. The molecule has 286 valence electrons. The maximum absolute atomic E-state index is 5.33. The van der Waals surface area contributed by atoms with Crippen LogP contribution in [0, 0.1) is 0 Å². The van der Waals surface area contributed by atoms with E-state index in [1.54, 1.807) is 0 Å². The molecule has 0 unspecified atom stereocenters. The normalized spacial score (nSPS) is 11.3. The van der Waals surface area contributed by atoms with Crippen LogP contribution in [0.1, 0.15) is 0 Å². The minimum absolute atomic E-state index is 0.672. The second kappa shape index (κ2) is 15.5. The molecule has 0 N–H and O–H groups in total. The van der Waals surface area contributed by atoms with Crippen LogP contribution in [0.4, 0.5) is 0 Å². The smallest absolute Gasteiger partial charge is 0.160 e. The summed E-state index contributed by atoms with van der Waals surface area (Å²) < 4.78 is 2.14. The highest BCUT2D eigenvalue weighted by atomic mass is 15.2. The molecule has 8 aromatic carbocycles. The monoisotopic (exact) mass is 778 g/mol. The Balaban J connectivity index is 1.09. The Kier molecular flexibility index (Phi) is 9.14. The lowest BCUT2D eigenvalue weighted by molar-refractivity contribution is 0.976. The highest BCUT2D eigenvalue weighted by Crippen LogP contribution is 2.43. The number of hydrogen-bond acceptors (Lipinski definition) is 3. The van der Waals surface area contributed by atoms with Crippen LogP contribution in [0.5, 0.6) is 0 Å². The largest absolute Gasteiger partial charge is 0.231 e. The van der Waals surface area contributed by atoms with Gasteiger partial charge < -0.3 is 0 Å². The summed E-state index contributed by atoms with van der Waals surface area (Å²) in [5, 5.41) is 7.42. The zero-order valence-corrected chi connectivity index (χ0v) is 33.2. The fraction of sp³-hybridized carbons (Fsp3) is 0. The van der Waals surface area contributed by atoms with E-state index < -0.39 is 0 Å². The van der Waals surface area contributed by atoms with E-state index in [1.165, 1.54) is 5.39 Å². The number of rotatable bonds is 8. The van der Waals surface area contributed by atoms with Gasteiger partial charge in [0.25, 0.3) is 0 Å². The quantitative estimate of drug-likeness (QED) is 0.154. The van der Waals surface area contributed by atoms with E-state index in [2.05, 4.69) is 223 Å². The minimum Gasteiger partial charge on any atom is -0.231 e. The standard InChI is InChI=1S/C57H38N4/c1-6-18-39(19-7-1)46-34-47(40-20-8-2-9-21-40)36-48(35-46)57-59-52(42-24-12-4-13-25-42)37-53(60-57)43-30-32-44(33-31-43)54-49-28-16-17-29-50(49)56-51(41-22-10-3-11-23-41)38-58-61(56)55(54)45-26-14-5-15-27-45/h1-38H. The molecular weight excluding hydrogens is 741 g/mol. The second-order valence-corrected chi connectivity index (χ2v) is 15.3. The molecule has 11 aromatic rings. The molecule has 3 heterocycles. The second-order valence-electron chi connectivity index (χ2n) is 15.3. The van der Waals surface area contributed by atoms with Crippen LogP contribution < -0.4 is 0 Å². The van der Waals surface area contributed by atoms with Gasteiger partial charge in [-0.15, -0.1) is 0 Å². The van der Waals surface area contributed by atoms with Gasteiger partial charge in [-0.05, 0) is 63.0 Å². The molecule has 0 bridgehead atoms. The van der Waals surface area contributed by atoms with Crippen molar-refractivity contribution in [2.75, 3.05) is 0 Å². The van der Waals surface area contributed by atoms with Crippen molar-refractivity contribution in [3.8, 4) is 89.7 Å². The topological polar surface area (TPSA) is 43.1 Å². The zero-order chi connectivity index (χ0) is 40.5. The SMILES string of the molecule is c1ccc(-c2cc(-c3ccccc3)cc(-c3nc(-c4ccccc4)cc(-c4ccc(-c5c(-c6ccccc6)n6ncc(-c7ccccc7)c6c6ccccc56)cc4)n3)c2)cc1. The summed E-state index contributed by atoms with van der Waals surface area (Å²) in [6.45, 7) is 0. The summed E-state index contributed by atoms with van der Waals surface area (Å²) in [5.41, 5.74) is 16.9. The van der Waals surface area contributed by atoms with Crippen molar-refractivity contribution in [2.45, 2.75) is 0 Å². The fourth-order valence-electron chi connectivity index (χ4n) is 8.54. The fourth-order valence-corrected chi connectivity index (χ4v) is 8.54. The molecule has 3 aromatic heterocycles. The zero-order valence-electron chi connectivity index (χ0n) is 33.2. The Morgan fingerprint density at radius 3 is 1.30 bits per heavy atom. The lowest BCUT2D eigenvalue weighted by Gasteiger charge is -2.18. The summed E-state index contributed by atoms with van der Waals surface area (Å²) >= 11 is 0. The van der Waals surface area contributed by atoms with Crippen LogP contribution in [-0.2, 0) is 0 Å². The Labute approximate surface area is 354 Å². The van der Waals surface area contributed by atoms with Crippen molar-refractivity contribution in [2.24, 2.45) is 0 Å². The first kappa shape index (κ1) is 35.9. The van der Waals surface area contributed by atoms with Gasteiger partial charge in [-0.1, -0.05) is 200 Å². The average molecular weight is 779 g/mol. The van der Waals surface area contributed by atoms with Crippen LogP contribution in [0.3, 0.4) is 0 Å². The van der Waals surface area contributed by atoms with E-state index >= 15 is 0 Å². The summed E-state index contributed by atoms with van der Waals surface area (Å²) in [6.07, 6.45) is 2.01. The van der Waals surface area contributed by atoms with E-state index in [0.29, 0.717) is 5.82 Å². The lowest BCUT2D eigenvalue weighted by atomic mass is 9.91. The third-order valence-electron chi connectivity index (χ3n) is 11.5. The van der Waals surface area contributed by atoms with Gasteiger partial charge in [0, 0.05) is 38.8 Å². The molecule has 0 amide bonds. The molecule has 0 saturated heterocycles. The van der Waals surface area contributed by atoms with Gasteiger partial charge in [-0.3, -0.25) is 0 Å². The molecule has 61 heavy (non-hydrogen) atoms. The van der Waals surface area contributed by atoms with E-state index in [1.807, 2.05) is 12.3 Å². The number of fused-ring (bicyclic) bond motifs is 3. The molecular formula is C57H38N4. The number of nitrogens with zero attached hydrogens (tertiary/aromatic N) is 4. The van der Waals surface area contributed by atoms with Gasteiger partial charge in [0.1, 0.15) is 0 Å². The first-order chi connectivity index (χ1) is 30.2. The number of benzene rings is 8.